The summed E-state index contributed by atoms with van der Waals surface area (Å²) in [5.41, 5.74) is 3.44. The largest absolute Gasteiger partial charge is 0.494 e. The summed E-state index contributed by atoms with van der Waals surface area (Å²) in [4.78, 5) is 24.7. The maximum absolute atomic E-state index is 12.8. The van der Waals surface area contributed by atoms with Gasteiger partial charge in [0.2, 0.25) is 0 Å². The summed E-state index contributed by atoms with van der Waals surface area (Å²) in [6, 6.07) is 7.02. The van der Waals surface area contributed by atoms with E-state index in [9.17, 15) is 14.7 Å². The second-order valence-corrected chi connectivity index (χ2v) is 8.38. The third-order valence-electron chi connectivity index (χ3n) is 5.69. The van der Waals surface area contributed by atoms with Crippen molar-refractivity contribution < 1.29 is 33.6 Å². The van der Waals surface area contributed by atoms with Gasteiger partial charge in [-0.25, -0.2) is 4.79 Å². The Morgan fingerprint density at radius 2 is 1.65 bits per heavy atom. The molecular formula is C27H36O7. The highest BCUT2D eigenvalue weighted by Crippen LogP contribution is 2.36. The molecule has 0 saturated carbocycles. The molecule has 0 bridgehead atoms. The minimum atomic E-state index is -0.589. The summed E-state index contributed by atoms with van der Waals surface area (Å²) in [7, 11) is 4.50. The van der Waals surface area contributed by atoms with Crippen molar-refractivity contribution in [2.75, 3.05) is 27.9 Å². The summed E-state index contributed by atoms with van der Waals surface area (Å²) in [6.45, 7) is 5.94. The third kappa shape index (κ3) is 6.97. The van der Waals surface area contributed by atoms with E-state index in [1.807, 2.05) is 19.9 Å². The number of ether oxygens (including phenoxy) is 4. The number of aliphatic hydroxyl groups excluding tert-OH is 1. The molecule has 0 aliphatic heterocycles. The number of hydrogen-bond donors (Lipinski definition) is 1. The van der Waals surface area contributed by atoms with Crippen molar-refractivity contribution in [1.29, 1.82) is 0 Å². The lowest BCUT2D eigenvalue weighted by molar-refractivity contribution is 0.0598. The molecule has 1 unspecified atom stereocenters. The van der Waals surface area contributed by atoms with Crippen LogP contribution in [0.4, 0.5) is 0 Å². The van der Waals surface area contributed by atoms with Crippen molar-refractivity contribution in [2.45, 2.75) is 59.0 Å². The Morgan fingerprint density at radius 1 is 0.941 bits per heavy atom. The Morgan fingerprint density at radius 3 is 2.26 bits per heavy atom. The minimum absolute atomic E-state index is 0.0867. The van der Waals surface area contributed by atoms with Crippen molar-refractivity contribution >= 4 is 11.8 Å². The number of Topliss-reactive ketones (excluding diaryl/α,β-unsaturated/α-hetero) is 1. The molecule has 7 nitrogen and oxygen atoms in total. The van der Waals surface area contributed by atoms with Gasteiger partial charge in [0.1, 0.15) is 5.75 Å². The molecule has 0 amide bonds. The number of methoxy groups -OCH3 is 3. The quantitative estimate of drug-likeness (QED) is 0.253. The Labute approximate surface area is 202 Å². The molecule has 1 atom stereocenters. The first-order chi connectivity index (χ1) is 16.2. The first-order valence-electron chi connectivity index (χ1n) is 11.5. The van der Waals surface area contributed by atoms with E-state index in [2.05, 4.69) is 0 Å². The molecule has 2 aromatic rings. The number of carbonyl (C=O) groups excluding carboxylic acids is 2. The van der Waals surface area contributed by atoms with Crippen molar-refractivity contribution in [2.24, 2.45) is 0 Å². The molecule has 2 rings (SSSR count). The SMILES string of the molecule is COC(=O)c1ccc(OCCCCCC(=O)c2cc(C)c(OC)c(OC)c2C)cc1CC(C)O. The molecule has 2 aromatic carbocycles. The lowest BCUT2D eigenvalue weighted by atomic mass is 9.96. The summed E-state index contributed by atoms with van der Waals surface area (Å²) >= 11 is 0. The lowest BCUT2D eigenvalue weighted by Crippen LogP contribution is -2.12. The highest BCUT2D eigenvalue weighted by molar-refractivity contribution is 5.98. The predicted molar refractivity (Wildman–Crippen MR) is 130 cm³/mol. The Balaban J connectivity index is 1.88. The van der Waals surface area contributed by atoms with E-state index in [1.54, 1.807) is 39.3 Å². The zero-order valence-corrected chi connectivity index (χ0v) is 21.0. The Bertz CT molecular complexity index is 995. The first-order valence-corrected chi connectivity index (χ1v) is 11.5. The minimum Gasteiger partial charge on any atom is -0.494 e. The van der Waals surface area contributed by atoms with Gasteiger partial charge >= 0.3 is 5.97 Å². The number of ketones is 1. The van der Waals surface area contributed by atoms with E-state index in [-0.39, 0.29) is 5.78 Å². The Hall–Kier alpha value is -3.06. The molecule has 1 N–H and O–H groups in total. The number of benzene rings is 2. The first kappa shape index (κ1) is 27.2. The summed E-state index contributed by atoms with van der Waals surface area (Å²) in [6.07, 6.45) is 2.58. The van der Waals surface area contributed by atoms with Gasteiger partial charge in [-0.3, -0.25) is 4.79 Å². The number of carbonyl (C=O) groups is 2. The molecule has 0 radical (unpaired) electrons. The molecule has 0 saturated heterocycles. The molecule has 0 fully saturated rings. The highest BCUT2D eigenvalue weighted by Gasteiger charge is 2.19. The molecule has 0 heterocycles. The number of esters is 1. The number of hydrogen-bond acceptors (Lipinski definition) is 7. The van der Waals surface area contributed by atoms with Crippen LogP contribution < -0.4 is 14.2 Å². The average molecular weight is 473 g/mol. The van der Waals surface area contributed by atoms with Crippen LogP contribution in [0, 0.1) is 13.8 Å². The van der Waals surface area contributed by atoms with Crippen LogP contribution in [-0.4, -0.2) is 50.9 Å². The van der Waals surface area contributed by atoms with Crippen LogP contribution in [0.25, 0.3) is 0 Å². The van der Waals surface area contributed by atoms with Gasteiger partial charge in [-0.1, -0.05) is 0 Å². The van der Waals surface area contributed by atoms with Crippen LogP contribution >= 0.6 is 0 Å². The van der Waals surface area contributed by atoms with Gasteiger partial charge in [-0.2, -0.15) is 0 Å². The molecule has 0 aliphatic rings. The molecule has 34 heavy (non-hydrogen) atoms. The zero-order valence-electron chi connectivity index (χ0n) is 21.0. The van der Waals surface area contributed by atoms with Crippen molar-refractivity contribution in [3.8, 4) is 17.2 Å². The van der Waals surface area contributed by atoms with Gasteiger partial charge in [0.15, 0.2) is 17.3 Å². The second kappa shape index (κ2) is 13.0. The normalized spacial score (nSPS) is 11.6. The molecular weight excluding hydrogens is 436 g/mol. The van der Waals surface area contributed by atoms with Crippen LogP contribution in [0.15, 0.2) is 24.3 Å². The number of aryl methyl sites for hydroxylation is 1. The molecule has 7 heteroatoms. The van der Waals surface area contributed by atoms with Gasteiger partial charge < -0.3 is 24.1 Å². The zero-order chi connectivity index (χ0) is 25.3. The Kier molecular flexibility index (Phi) is 10.4. The highest BCUT2D eigenvalue weighted by atomic mass is 16.5. The van der Waals surface area contributed by atoms with Crippen LogP contribution in [0.2, 0.25) is 0 Å². The van der Waals surface area contributed by atoms with Gasteiger partial charge in [0.05, 0.1) is 39.6 Å². The van der Waals surface area contributed by atoms with E-state index >= 15 is 0 Å². The van der Waals surface area contributed by atoms with Crippen molar-refractivity contribution in [1.82, 2.24) is 0 Å². The van der Waals surface area contributed by atoms with E-state index in [4.69, 9.17) is 18.9 Å². The maximum Gasteiger partial charge on any atom is 0.338 e. The lowest BCUT2D eigenvalue weighted by Gasteiger charge is -2.16. The van der Waals surface area contributed by atoms with Crippen LogP contribution in [-0.2, 0) is 11.2 Å². The molecule has 0 aliphatic carbocycles. The van der Waals surface area contributed by atoms with Crippen molar-refractivity contribution in [3.05, 3.63) is 52.1 Å². The summed E-state index contributed by atoms with van der Waals surface area (Å²) in [5.74, 6) is 1.54. The molecule has 0 spiro atoms. The maximum atomic E-state index is 12.8. The fourth-order valence-electron chi connectivity index (χ4n) is 4.00. The molecule has 0 aromatic heterocycles. The third-order valence-corrected chi connectivity index (χ3v) is 5.69. The van der Waals surface area contributed by atoms with E-state index in [0.29, 0.717) is 53.4 Å². The predicted octanol–water partition coefficient (Wildman–Crippen LogP) is 4.85. The van der Waals surface area contributed by atoms with Gasteiger partial charge in [0.25, 0.3) is 0 Å². The van der Waals surface area contributed by atoms with Gasteiger partial charge in [0, 0.05) is 17.5 Å². The summed E-state index contributed by atoms with van der Waals surface area (Å²) in [5, 5.41) is 9.73. The van der Waals surface area contributed by atoms with Gasteiger partial charge in [-0.15, -0.1) is 0 Å². The fourth-order valence-corrected chi connectivity index (χ4v) is 4.00. The van der Waals surface area contributed by atoms with Crippen LogP contribution in [0.5, 0.6) is 17.2 Å². The second-order valence-electron chi connectivity index (χ2n) is 8.38. The van der Waals surface area contributed by atoms with Gasteiger partial charge in [-0.05, 0) is 81.8 Å². The number of rotatable bonds is 13. The fraction of sp³-hybridized carbons (Fsp3) is 0.481. The average Bonchev–Trinajstić information content (AvgIpc) is 2.81. The standard InChI is InChI=1S/C27H36O7/c1-17-14-23(19(3)26(32-5)25(17)31-4)24(29)10-8-7-9-13-34-21-11-12-22(27(30)33-6)20(16-21)15-18(2)28/h11-12,14,16,18,28H,7-10,13,15H2,1-6H3. The molecule has 186 valence electrons. The van der Waals surface area contributed by atoms with Crippen LogP contribution in [0.1, 0.15) is 70.0 Å². The monoisotopic (exact) mass is 472 g/mol. The van der Waals surface area contributed by atoms with Crippen LogP contribution in [0.3, 0.4) is 0 Å². The summed E-state index contributed by atoms with van der Waals surface area (Å²) < 4.78 is 21.5. The van der Waals surface area contributed by atoms with E-state index in [0.717, 1.165) is 30.4 Å². The topological polar surface area (TPSA) is 91.3 Å². The van der Waals surface area contributed by atoms with Crippen molar-refractivity contribution in [3.63, 3.8) is 0 Å². The van der Waals surface area contributed by atoms with E-state index < -0.39 is 12.1 Å². The van der Waals surface area contributed by atoms with E-state index in [1.165, 1.54) is 7.11 Å². The smallest absolute Gasteiger partial charge is 0.338 e. The number of aliphatic hydroxyl groups is 1. The number of unbranched alkanes of at least 4 members (excludes halogenated alkanes) is 2.